The molecule has 0 atom stereocenters. The largest absolute Gasteiger partial charge is 0.529 e. The second kappa shape index (κ2) is 3.78. The molecule has 1 rings (SSSR count). The van der Waals surface area contributed by atoms with Crippen LogP contribution in [0.15, 0.2) is 18.3 Å². The first-order chi connectivity index (χ1) is 6.03. The fraction of sp³-hybridized carbons (Fsp3) is 0.444. The highest BCUT2D eigenvalue weighted by atomic mass is 28.4. The van der Waals surface area contributed by atoms with Gasteiger partial charge in [-0.15, -0.1) is 0 Å². The molecular weight excluding hydrogens is 182 g/mol. The van der Waals surface area contributed by atoms with E-state index in [1.807, 2.05) is 12.1 Å². The Hall–Kier alpha value is -1.03. The van der Waals surface area contributed by atoms with E-state index in [0.29, 0.717) is 11.6 Å². The third-order valence-electron chi connectivity index (χ3n) is 1.36. The van der Waals surface area contributed by atoms with Gasteiger partial charge in [-0.1, -0.05) is 0 Å². The highest BCUT2D eigenvalue weighted by Gasteiger charge is 2.19. The van der Waals surface area contributed by atoms with Gasteiger partial charge in [0.05, 0.1) is 7.11 Å². The molecule has 0 spiro atoms. The Bertz CT molecular complexity index is 283. The minimum atomic E-state index is -1.59. The summed E-state index contributed by atoms with van der Waals surface area (Å²) in [6.45, 7) is 6.34. The van der Waals surface area contributed by atoms with Crippen LogP contribution in [-0.2, 0) is 0 Å². The van der Waals surface area contributed by atoms with Crippen molar-refractivity contribution in [1.82, 2.24) is 4.98 Å². The van der Waals surface area contributed by atoms with Gasteiger partial charge >= 0.3 is 0 Å². The number of aromatic nitrogens is 1. The van der Waals surface area contributed by atoms with Gasteiger partial charge in [-0.05, 0) is 31.8 Å². The van der Waals surface area contributed by atoms with Crippen LogP contribution in [0.5, 0.6) is 11.6 Å². The van der Waals surface area contributed by atoms with Gasteiger partial charge in [-0.2, -0.15) is 0 Å². The number of ether oxygens (including phenoxy) is 1. The number of hydrogen-bond acceptors (Lipinski definition) is 3. The molecule has 0 bridgehead atoms. The minimum Gasteiger partial charge on any atom is -0.529 e. The van der Waals surface area contributed by atoms with Crippen LogP contribution in [0.4, 0.5) is 0 Å². The molecule has 0 amide bonds. The van der Waals surface area contributed by atoms with Crippen molar-refractivity contribution in [2.24, 2.45) is 0 Å². The summed E-state index contributed by atoms with van der Waals surface area (Å²) in [5.74, 6) is 1.30. The maximum Gasteiger partial charge on any atom is 0.244 e. The summed E-state index contributed by atoms with van der Waals surface area (Å²) >= 11 is 0. The average Bonchev–Trinajstić information content (AvgIpc) is 2.02. The lowest BCUT2D eigenvalue weighted by Gasteiger charge is -2.19. The van der Waals surface area contributed by atoms with Crippen molar-refractivity contribution in [3.8, 4) is 11.6 Å². The van der Waals surface area contributed by atoms with E-state index < -0.39 is 8.32 Å². The van der Waals surface area contributed by atoms with Crippen LogP contribution in [0.3, 0.4) is 0 Å². The van der Waals surface area contributed by atoms with Gasteiger partial charge in [0.1, 0.15) is 0 Å². The minimum absolute atomic E-state index is 0.601. The average molecular weight is 197 g/mol. The van der Waals surface area contributed by atoms with E-state index in [9.17, 15) is 0 Å². The molecule has 0 aliphatic heterocycles. The van der Waals surface area contributed by atoms with Gasteiger partial charge in [0, 0.05) is 6.20 Å². The van der Waals surface area contributed by atoms with Crippen LogP contribution in [0, 0.1) is 0 Å². The van der Waals surface area contributed by atoms with E-state index >= 15 is 0 Å². The van der Waals surface area contributed by atoms with Crippen LogP contribution < -0.4 is 9.16 Å². The van der Waals surface area contributed by atoms with Crippen molar-refractivity contribution < 1.29 is 9.16 Å². The molecule has 1 aromatic rings. The predicted octanol–water partition coefficient (Wildman–Crippen LogP) is 2.30. The highest BCUT2D eigenvalue weighted by Crippen LogP contribution is 2.25. The molecule has 0 aliphatic rings. The quantitative estimate of drug-likeness (QED) is 0.697. The standard InChI is InChI=1S/C9H15NO2Si/c1-11-8-6-5-7-10-9(8)12-13(2,3)4/h5-7H,1-4H3. The SMILES string of the molecule is COc1cccnc1O[Si](C)(C)C. The van der Waals surface area contributed by atoms with Crippen molar-refractivity contribution in [3.63, 3.8) is 0 Å². The fourth-order valence-electron chi connectivity index (χ4n) is 0.898. The summed E-state index contributed by atoms with van der Waals surface area (Å²) in [5, 5.41) is 0. The Morgan fingerprint density at radius 2 is 2.00 bits per heavy atom. The molecule has 1 aromatic heterocycles. The number of methoxy groups -OCH3 is 1. The Labute approximate surface area is 79.8 Å². The van der Waals surface area contributed by atoms with Gasteiger partial charge < -0.3 is 9.16 Å². The van der Waals surface area contributed by atoms with Crippen molar-refractivity contribution in [2.75, 3.05) is 7.11 Å². The summed E-state index contributed by atoms with van der Waals surface area (Å²) in [5.41, 5.74) is 0. The van der Waals surface area contributed by atoms with Crippen molar-refractivity contribution in [2.45, 2.75) is 19.6 Å². The van der Waals surface area contributed by atoms with Crippen molar-refractivity contribution in [1.29, 1.82) is 0 Å². The second-order valence-electron chi connectivity index (χ2n) is 3.73. The lowest BCUT2D eigenvalue weighted by molar-refractivity contribution is 0.385. The normalized spacial score (nSPS) is 11.1. The first-order valence-corrected chi connectivity index (χ1v) is 7.62. The molecule has 0 N–H and O–H groups in total. The maximum absolute atomic E-state index is 5.73. The molecule has 13 heavy (non-hydrogen) atoms. The van der Waals surface area contributed by atoms with Crippen molar-refractivity contribution >= 4 is 8.32 Å². The molecule has 0 aromatic carbocycles. The van der Waals surface area contributed by atoms with Gasteiger partial charge in [-0.3, -0.25) is 0 Å². The Kier molecular flexibility index (Phi) is 2.93. The molecule has 0 saturated heterocycles. The monoisotopic (exact) mass is 197 g/mol. The molecule has 3 nitrogen and oxygen atoms in total. The number of hydrogen-bond donors (Lipinski definition) is 0. The van der Waals surface area contributed by atoms with Crippen LogP contribution in [0.1, 0.15) is 0 Å². The zero-order valence-electron chi connectivity index (χ0n) is 8.50. The Balaban J connectivity index is 2.87. The second-order valence-corrected chi connectivity index (χ2v) is 8.15. The van der Waals surface area contributed by atoms with Gasteiger partial charge in [0.25, 0.3) is 0 Å². The summed E-state index contributed by atoms with van der Waals surface area (Å²) in [4.78, 5) is 4.12. The summed E-state index contributed by atoms with van der Waals surface area (Å²) < 4.78 is 10.9. The third kappa shape index (κ3) is 3.06. The molecule has 0 unspecified atom stereocenters. The zero-order chi connectivity index (χ0) is 9.90. The lowest BCUT2D eigenvalue weighted by atomic mass is 10.4. The fourth-order valence-corrected chi connectivity index (χ4v) is 1.63. The first-order valence-electron chi connectivity index (χ1n) is 4.21. The van der Waals surface area contributed by atoms with E-state index in [0.717, 1.165) is 0 Å². The van der Waals surface area contributed by atoms with Gasteiger partial charge in [0.2, 0.25) is 14.2 Å². The zero-order valence-corrected chi connectivity index (χ0v) is 9.50. The number of nitrogens with zero attached hydrogens (tertiary/aromatic N) is 1. The molecule has 4 heteroatoms. The van der Waals surface area contributed by atoms with E-state index in [4.69, 9.17) is 9.16 Å². The summed E-state index contributed by atoms with van der Waals surface area (Å²) in [6.07, 6.45) is 1.71. The van der Waals surface area contributed by atoms with E-state index in [2.05, 4.69) is 24.6 Å². The van der Waals surface area contributed by atoms with Crippen LogP contribution in [0.2, 0.25) is 19.6 Å². The number of rotatable bonds is 3. The van der Waals surface area contributed by atoms with E-state index in [-0.39, 0.29) is 0 Å². The molecule has 0 radical (unpaired) electrons. The molecule has 0 aliphatic carbocycles. The van der Waals surface area contributed by atoms with E-state index in [1.165, 1.54) is 0 Å². The molecule has 72 valence electrons. The van der Waals surface area contributed by atoms with Crippen molar-refractivity contribution in [3.05, 3.63) is 18.3 Å². The molecule has 1 heterocycles. The smallest absolute Gasteiger partial charge is 0.244 e. The lowest BCUT2D eigenvalue weighted by Crippen LogP contribution is -2.29. The van der Waals surface area contributed by atoms with Crippen LogP contribution in [0.25, 0.3) is 0 Å². The highest BCUT2D eigenvalue weighted by molar-refractivity contribution is 6.70. The molecule has 0 fully saturated rings. The van der Waals surface area contributed by atoms with Crippen LogP contribution >= 0.6 is 0 Å². The Morgan fingerprint density at radius 1 is 1.31 bits per heavy atom. The summed E-state index contributed by atoms with van der Waals surface area (Å²) in [6, 6.07) is 3.68. The van der Waals surface area contributed by atoms with E-state index in [1.54, 1.807) is 13.3 Å². The van der Waals surface area contributed by atoms with Gasteiger partial charge in [0.15, 0.2) is 5.75 Å². The van der Waals surface area contributed by atoms with Crippen LogP contribution in [-0.4, -0.2) is 20.4 Å². The number of pyridine rings is 1. The maximum atomic E-state index is 5.73. The molecular formula is C9H15NO2Si. The Morgan fingerprint density at radius 3 is 2.54 bits per heavy atom. The topological polar surface area (TPSA) is 31.4 Å². The van der Waals surface area contributed by atoms with Gasteiger partial charge in [-0.25, -0.2) is 4.98 Å². The summed E-state index contributed by atoms with van der Waals surface area (Å²) in [7, 11) is 0.0309. The third-order valence-corrected chi connectivity index (χ3v) is 2.16. The first kappa shape index (κ1) is 10.1. The predicted molar refractivity (Wildman–Crippen MR) is 54.8 cm³/mol. The molecule has 0 saturated carbocycles.